The van der Waals surface area contributed by atoms with E-state index in [0.717, 1.165) is 43.1 Å². The summed E-state index contributed by atoms with van der Waals surface area (Å²) in [6.07, 6.45) is 3.21. The van der Waals surface area contributed by atoms with E-state index in [1.54, 1.807) is 36.8 Å². The minimum atomic E-state index is -0.982. The number of carboxylic acids is 2. The van der Waals surface area contributed by atoms with Gasteiger partial charge in [0, 0.05) is 10.8 Å². The molecule has 0 bridgehead atoms. The van der Waals surface area contributed by atoms with Crippen molar-refractivity contribution in [2.75, 3.05) is 0 Å². The Morgan fingerprint density at radius 1 is 0.667 bits per heavy atom. The number of benzene rings is 3. The van der Waals surface area contributed by atoms with Gasteiger partial charge in [0.1, 0.15) is 0 Å². The molecule has 5 aromatic rings. The second-order valence-electron chi connectivity index (χ2n) is 6.49. The average molecular weight is 356 g/mol. The summed E-state index contributed by atoms with van der Waals surface area (Å²) < 4.78 is 5.39. The summed E-state index contributed by atoms with van der Waals surface area (Å²) in [6, 6.07) is 13.9. The summed E-state index contributed by atoms with van der Waals surface area (Å²) in [6.45, 7) is 0. The molecule has 0 spiro atoms. The van der Waals surface area contributed by atoms with Crippen LogP contribution >= 0.6 is 0 Å². The first-order chi connectivity index (χ1) is 13.0. The van der Waals surface area contributed by atoms with E-state index in [2.05, 4.69) is 0 Å². The summed E-state index contributed by atoms with van der Waals surface area (Å²) in [5.74, 6) is -1.96. The Hall–Kier alpha value is -3.86. The molecule has 2 N–H and O–H groups in total. The molecule has 5 nitrogen and oxygen atoms in total. The lowest BCUT2D eigenvalue weighted by Gasteiger charge is -2.08. The quantitative estimate of drug-likeness (QED) is 0.420. The standard InChI is InChI=1S/C22H12O5/c23-21(24)11-1-3-14-13(7-11)9-18-15-4-2-12(22(25)26)8-17(15)16-5-6-27-10-19(16)20(14)18/h1-10H,(H,23,24)(H,25,26). The van der Waals surface area contributed by atoms with Gasteiger partial charge in [-0.05, 0) is 68.7 Å². The molecular formula is C22H12O5. The zero-order chi connectivity index (χ0) is 18.7. The van der Waals surface area contributed by atoms with Gasteiger partial charge in [-0.2, -0.15) is 0 Å². The van der Waals surface area contributed by atoms with Crippen molar-refractivity contribution in [3.8, 4) is 0 Å². The van der Waals surface area contributed by atoms with E-state index in [1.165, 1.54) is 0 Å². The van der Waals surface area contributed by atoms with Crippen LogP contribution in [0.3, 0.4) is 0 Å². The molecule has 0 aliphatic rings. The Bertz CT molecular complexity index is 1430. The van der Waals surface area contributed by atoms with E-state index >= 15 is 0 Å². The highest BCUT2D eigenvalue weighted by atomic mass is 16.4. The van der Waals surface area contributed by atoms with Gasteiger partial charge in [0.25, 0.3) is 0 Å². The number of hydrogen-bond acceptors (Lipinski definition) is 3. The maximum absolute atomic E-state index is 11.4. The number of hydrogen-bond donors (Lipinski definition) is 2. The van der Waals surface area contributed by atoms with E-state index in [9.17, 15) is 19.8 Å². The van der Waals surface area contributed by atoms with Crippen LogP contribution in [0.15, 0.2) is 65.5 Å². The summed E-state index contributed by atoms with van der Waals surface area (Å²) in [7, 11) is 0. The first-order valence-electron chi connectivity index (χ1n) is 8.29. The van der Waals surface area contributed by atoms with Gasteiger partial charge in [0.2, 0.25) is 0 Å². The van der Waals surface area contributed by atoms with Crippen molar-refractivity contribution in [1.29, 1.82) is 0 Å². The van der Waals surface area contributed by atoms with Gasteiger partial charge in [-0.25, -0.2) is 9.59 Å². The largest absolute Gasteiger partial charge is 0.478 e. The van der Waals surface area contributed by atoms with Crippen LogP contribution < -0.4 is 0 Å². The first-order valence-corrected chi connectivity index (χ1v) is 8.29. The number of fused-ring (bicyclic) bond motifs is 8. The van der Waals surface area contributed by atoms with Crippen molar-refractivity contribution in [1.82, 2.24) is 0 Å². The van der Waals surface area contributed by atoms with Gasteiger partial charge in [0.05, 0.1) is 23.7 Å². The van der Waals surface area contributed by atoms with E-state index in [-0.39, 0.29) is 11.1 Å². The monoisotopic (exact) mass is 356 g/mol. The van der Waals surface area contributed by atoms with Crippen molar-refractivity contribution in [2.45, 2.75) is 0 Å². The van der Waals surface area contributed by atoms with Gasteiger partial charge in [-0.1, -0.05) is 12.1 Å². The van der Waals surface area contributed by atoms with Crippen molar-refractivity contribution in [2.24, 2.45) is 0 Å². The topological polar surface area (TPSA) is 87.7 Å². The Labute approximate surface area is 152 Å². The Balaban J connectivity index is 2.04. The normalized spacial score (nSPS) is 11.6. The predicted molar refractivity (Wildman–Crippen MR) is 103 cm³/mol. The molecule has 5 rings (SSSR count). The summed E-state index contributed by atoms with van der Waals surface area (Å²) in [5, 5.41) is 25.8. The molecule has 130 valence electrons. The highest BCUT2D eigenvalue weighted by molar-refractivity contribution is 6.33. The third-order valence-electron chi connectivity index (χ3n) is 5.04. The third kappa shape index (κ3) is 2.12. The number of carboxylic acid groups (broad SMARTS) is 2. The smallest absolute Gasteiger partial charge is 0.335 e. The summed E-state index contributed by atoms with van der Waals surface area (Å²) in [5.41, 5.74) is 0.442. The fourth-order valence-corrected chi connectivity index (χ4v) is 3.85. The molecule has 0 saturated carbocycles. The number of aromatic carboxylic acids is 2. The Morgan fingerprint density at radius 3 is 2.07 bits per heavy atom. The molecule has 27 heavy (non-hydrogen) atoms. The average Bonchev–Trinajstić information content (AvgIpc) is 3.06. The fraction of sp³-hybridized carbons (Fsp3) is 0. The molecule has 0 saturated heterocycles. The van der Waals surface area contributed by atoms with Crippen LogP contribution in [-0.4, -0.2) is 22.2 Å². The molecule has 0 radical (unpaired) electrons. The zero-order valence-corrected chi connectivity index (χ0v) is 13.9. The maximum atomic E-state index is 11.4. The van der Waals surface area contributed by atoms with Gasteiger partial charge >= 0.3 is 11.9 Å². The van der Waals surface area contributed by atoms with Crippen LogP contribution in [0, 0.1) is 0 Å². The van der Waals surface area contributed by atoms with Crippen LogP contribution in [0.2, 0.25) is 0 Å². The molecule has 0 aliphatic carbocycles. The molecule has 0 atom stereocenters. The highest BCUT2D eigenvalue weighted by Crippen LogP contribution is 2.41. The molecule has 0 aliphatic heterocycles. The van der Waals surface area contributed by atoms with Crippen LogP contribution in [-0.2, 0) is 0 Å². The minimum absolute atomic E-state index is 0.216. The van der Waals surface area contributed by atoms with Crippen molar-refractivity contribution < 1.29 is 24.2 Å². The van der Waals surface area contributed by atoms with Crippen LogP contribution in [0.5, 0.6) is 0 Å². The first kappa shape index (κ1) is 15.4. The lowest BCUT2D eigenvalue weighted by molar-refractivity contribution is 0.0686. The van der Waals surface area contributed by atoms with E-state index in [4.69, 9.17) is 4.42 Å². The number of carbonyl (C=O) groups is 2. The SMILES string of the molecule is O=C(O)c1ccc2c(c1)cc1c3ccc(C(=O)O)cc3c3ccocc3c21. The molecule has 5 heteroatoms. The van der Waals surface area contributed by atoms with E-state index in [1.807, 2.05) is 24.3 Å². The van der Waals surface area contributed by atoms with E-state index in [0.29, 0.717) is 0 Å². The van der Waals surface area contributed by atoms with Crippen molar-refractivity contribution >= 4 is 55.0 Å². The predicted octanol–water partition coefficient (Wildman–Crippen LogP) is 5.29. The third-order valence-corrected chi connectivity index (χ3v) is 5.04. The summed E-state index contributed by atoms with van der Waals surface area (Å²) in [4.78, 5) is 22.7. The van der Waals surface area contributed by atoms with Gasteiger partial charge in [-0.15, -0.1) is 0 Å². The Kier molecular flexibility index (Phi) is 3.03. The second kappa shape index (κ2) is 5.32. The molecular weight excluding hydrogens is 344 g/mol. The zero-order valence-electron chi connectivity index (χ0n) is 13.9. The van der Waals surface area contributed by atoms with Gasteiger partial charge in [-0.3, -0.25) is 0 Å². The minimum Gasteiger partial charge on any atom is -0.478 e. The number of rotatable bonds is 2. The molecule has 0 unspecified atom stereocenters. The van der Waals surface area contributed by atoms with Gasteiger partial charge < -0.3 is 14.6 Å². The molecule has 1 aromatic heterocycles. The van der Waals surface area contributed by atoms with Crippen LogP contribution in [0.4, 0.5) is 0 Å². The molecule has 0 amide bonds. The lowest BCUT2D eigenvalue weighted by Crippen LogP contribution is -1.95. The second-order valence-corrected chi connectivity index (χ2v) is 6.49. The van der Waals surface area contributed by atoms with Gasteiger partial charge in [0.15, 0.2) is 0 Å². The molecule has 4 aromatic carbocycles. The van der Waals surface area contributed by atoms with Crippen LogP contribution in [0.25, 0.3) is 43.1 Å². The highest BCUT2D eigenvalue weighted by Gasteiger charge is 2.16. The van der Waals surface area contributed by atoms with Crippen molar-refractivity contribution in [3.63, 3.8) is 0 Å². The Morgan fingerprint density at radius 2 is 1.33 bits per heavy atom. The van der Waals surface area contributed by atoms with E-state index < -0.39 is 11.9 Å². The van der Waals surface area contributed by atoms with Crippen LogP contribution in [0.1, 0.15) is 20.7 Å². The lowest BCUT2D eigenvalue weighted by atomic mass is 9.96. The van der Waals surface area contributed by atoms with Crippen molar-refractivity contribution in [3.05, 3.63) is 72.2 Å². The summed E-state index contributed by atoms with van der Waals surface area (Å²) >= 11 is 0. The molecule has 1 heterocycles. The maximum Gasteiger partial charge on any atom is 0.335 e. The molecule has 0 fully saturated rings. The fourth-order valence-electron chi connectivity index (χ4n) is 3.85.